The van der Waals surface area contributed by atoms with Crippen molar-refractivity contribution in [3.8, 4) is 0 Å². The fourth-order valence-corrected chi connectivity index (χ4v) is 4.32. The molecular formula is C13H20OS. The number of fused-ring (bicyclic) bond motifs is 3. The van der Waals surface area contributed by atoms with E-state index in [0.717, 1.165) is 18.4 Å². The Labute approximate surface area is 97.7 Å². The van der Waals surface area contributed by atoms with E-state index >= 15 is 0 Å². The molecule has 0 spiro atoms. The monoisotopic (exact) mass is 224 g/mol. The third-order valence-electron chi connectivity index (χ3n) is 4.50. The van der Waals surface area contributed by atoms with Crippen molar-refractivity contribution < 1.29 is 4.74 Å². The topological polar surface area (TPSA) is 9.23 Å². The molecule has 0 amide bonds. The standard InChI is InChI=1S/C13H20OS/c15-12-8-9-4-1-2-5-10(9)13-11(12)6-3-7-14-13/h3,6,9-13,15H,1-2,4-5,7-8H2. The molecule has 0 saturated heterocycles. The maximum Gasteiger partial charge on any atom is 0.0683 e. The van der Waals surface area contributed by atoms with Gasteiger partial charge in [-0.2, -0.15) is 12.6 Å². The van der Waals surface area contributed by atoms with Crippen LogP contribution >= 0.6 is 12.6 Å². The normalized spacial score (nSPS) is 49.5. The van der Waals surface area contributed by atoms with Crippen molar-refractivity contribution in [1.29, 1.82) is 0 Å². The van der Waals surface area contributed by atoms with Gasteiger partial charge in [0, 0.05) is 11.2 Å². The first-order valence-electron chi connectivity index (χ1n) is 6.32. The quantitative estimate of drug-likeness (QED) is 0.491. The minimum atomic E-state index is 0.483. The van der Waals surface area contributed by atoms with Gasteiger partial charge in [-0.25, -0.2) is 0 Å². The number of hydrogen-bond acceptors (Lipinski definition) is 2. The van der Waals surface area contributed by atoms with Crippen LogP contribution in [-0.4, -0.2) is 18.0 Å². The van der Waals surface area contributed by atoms with Crippen LogP contribution in [0.4, 0.5) is 0 Å². The van der Waals surface area contributed by atoms with Crippen LogP contribution < -0.4 is 0 Å². The second-order valence-corrected chi connectivity index (χ2v) is 5.98. The van der Waals surface area contributed by atoms with Crippen molar-refractivity contribution >= 4 is 12.6 Å². The van der Waals surface area contributed by atoms with Gasteiger partial charge in [-0.15, -0.1) is 0 Å². The Balaban J connectivity index is 1.83. The van der Waals surface area contributed by atoms with Crippen molar-refractivity contribution in [1.82, 2.24) is 0 Å². The largest absolute Gasteiger partial charge is 0.373 e. The zero-order valence-electron chi connectivity index (χ0n) is 9.14. The summed E-state index contributed by atoms with van der Waals surface area (Å²) in [6.45, 7) is 0.824. The molecule has 2 fully saturated rings. The van der Waals surface area contributed by atoms with Gasteiger partial charge in [0.05, 0.1) is 12.7 Å². The van der Waals surface area contributed by atoms with Gasteiger partial charge in [-0.1, -0.05) is 31.4 Å². The lowest BCUT2D eigenvalue weighted by atomic mass is 9.65. The van der Waals surface area contributed by atoms with Gasteiger partial charge in [-0.3, -0.25) is 0 Å². The van der Waals surface area contributed by atoms with Crippen LogP contribution in [0, 0.1) is 17.8 Å². The van der Waals surface area contributed by atoms with Gasteiger partial charge in [0.25, 0.3) is 0 Å². The highest BCUT2D eigenvalue weighted by molar-refractivity contribution is 7.81. The summed E-state index contributed by atoms with van der Waals surface area (Å²) in [6, 6.07) is 0. The number of thiol groups is 1. The van der Waals surface area contributed by atoms with E-state index in [0.29, 0.717) is 17.3 Å². The molecule has 0 radical (unpaired) electrons. The molecule has 5 unspecified atom stereocenters. The summed E-state index contributed by atoms with van der Waals surface area (Å²) in [5, 5.41) is 0.533. The van der Waals surface area contributed by atoms with E-state index in [4.69, 9.17) is 17.4 Å². The van der Waals surface area contributed by atoms with E-state index in [2.05, 4.69) is 12.2 Å². The van der Waals surface area contributed by atoms with Gasteiger partial charge in [-0.05, 0) is 24.7 Å². The summed E-state index contributed by atoms with van der Waals surface area (Å²) in [6.07, 6.45) is 12.0. The lowest BCUT2D eigenvalue weighted by Crippen LogP contribution is -2.48. The molecular weight excluding hydrogens is 204 g/mol. The van der Waals surface area contributed by atoms with Crippen molar-refractivity contribution in [3.05, 3.63) is 12.2 Å². The Morgan fingerprint density at radius 2 is 2.07 bits per heavy atom. The van der Waals surface area contributed by atoms with Gasteiger partial charge in [0.2, 0.25) is 0 Å². The Morgan fingerprint density at radius 3 is 3.00 bits per heavy atom. The molecule has 15 heavy (non-hydrogen) atoms. The molecule has 84 valence electrons. The molecule has 1 aliphatic heterocycles. The van der Waals surface area contributed by atoms with E-state index in [9.17, 15) is 0 Å². The maximum absolute atomic E-state index is 5.99. The van der Waals surface area contributed by atoms with Gasteiger partial charge < -0.3 is 4.74 Å². The fourth-order valence-electron chi connectivity index (χ4n) is 3.79. The Bertz CT molecular complexity index is 263. The number of rotatable bonds is 0. The van der Waals surface area contributed by atoms with Crippen LogP contribution in [0.25, 0.3) is 0 Å². The summed E-state index contributed by atoms with van der Waals surface area (Å²) >= 11 is 4.77. The van der Waals surface area contributed by atoms with Gasteiger partial charge in [0.1, 0.15) is 0 Å². The fraction of sp³-hybridized carbons (Fsp3) is 0.846. The Morgan fingerprint density at radius 1 is 1.20 bits per heavy atom. The molecule has 1 heterocycles. The zero-order chi connectivity index (χ0) is 10.3. The van der Waals surface area contributed by atoms with Crippen LogP contribution in [0.1, 0.15) is 32.1 Å². The molecule has 2 heteroatoms. The minimum absolute atomic E-state index is 0.483. The molecule has 2 aliphatic carbocycles. The zero-order valence-corrected chi connectivity index (χ0v) is 10.0. The second kappa shape index (κ2) is 4.14. The molecule has 5 atom stereocenters. The van der Waals surface area contributed by atoms with E-state index in [-0.39, 0.29) is 0 Å². The highest BCUT2D eigenvalue weighted by Gasteiger charge is 2.44. The van der Waals surface area contributed by atoms with Gasteiger partial charge >= 0.3 is 0 Å². The molecule has 2 saturated carbocycles. The molecule has 0 aromatic heterocycles. The summed E-state index contributed by atoms with van der Waals surface area (Å²) in [5.41, 5.74) is 0. The smallest absolute Gasteiger partial charge is 0.0683 e. The average molecular weight is 224 g/mol. The number of ether oxygens (including phenoxy) is 1. The van der Waals surface area contributed by atoms with E-state index in [1.54, 1.807) is 0 Å². The van der Waals surface area contributed by atoms with E-state index < -0.39 is 0 Å². The highest BCUT2D eigenvalue weighted by Crippen LogP contribution is 2.47. The van der Waals surface area contributed by atoms with Crippen molar-refractivity contribution in [2.24, 2.45) is 17.8 Å². The van der Waals surface area contributed by atoms with Crippen LogP contribution in [0.15, 0.2) is 12.2 Å². The average Bonchev–Trinajstić information content (AvgIpc) is 2.30. The highest BCUT2D eigenvalue weighted by atomic mass is 32.1. The van der Waals surface area contributed by atoms with Crippen LogP contribution in [0.2, 0.25) is 0 Å². The maximum atomic E-state index is 5.99. The summed E-state index contributed by atoms with van der Waals surface area (Å²) in [4.78, 5) is 0. The first-order chi connectivity index (χ1) is 7.36. The summed E-state index contributed by atoms with van der Waals surface area (Å²) < 4.78 is 5.99. The molecule has 0 bridgehead atoms. The Hall–Kier alpha value is 0.0500. The minimum Gasteiger partial charge on any atom is -0.373 e. The summed E-state index contributed by atoms with van der Waals surface area (Å²) in [5.74, 6) is 2.31. The lowest BCUT2D eigenvalue weighted by Gasteiger charge is -2.48. The second-order valence-electron chi connectivity index (χ2n) is 5.31. The van der Waals surface area contributed by atoms with Crippen LogP contribution in [-0.2, 0) is 4.74 Å². The lowest BCUT2D eigenvalue weighted by molar-refractivity contribution is -0.0636. The molecule has 0 N–H and O–H groups in total. The molecule has 3 rings (SSSR count). The Kier molecular flexibility index (Phi) is 2.82. The molecule has 0 aromatic carbocycles. The first-order valence-corrected chi connectivity index (χ1v) is 6.84. The van der Waals surface area contributed by atoms with Crippen LogP contribution in [0.5, 0.6) is 0 Å². The number of hydrogen-bond donors (Lipinski definition) is 1. The summed E-state index contributed by atoms with van der Waals surface area (Å²) in [7, 11) is 0. The van der Waals surface area contributed by atoms with Gasteiger partial charge in [0.15, 0.2) is 0 Å². The molecule has 1 nitrogen and oxygen atoms in total. The third-order valence-corrected chi connectivity index (χ3v) is 5.06. The van der Waals surface area contributed by atoms with E-state index in [1.807, 2.05) is 0 Å². The first kappa shape index (κ1) is 10.2. The SMILES string of the molecule is SC1CC2CCCCC2C2OCC=CC12. The molecule has 3 aliphatic rings. The van der Waals surface area contributed by atoms with Crippen LogP contribution in [0.3, 0.4) is 0 Å². The predicted molar refractivity (Wildman–Crippen MR) is 65.2 cm³/mol. The van der Waals surface area contributed by atoms with Crippen molar-refractivity contribution in [2.45, 2.75) is 43.5 Å². The predicted octanol–water partition coefficient (Wildman–Crippen LogP) is 3.07. The molecule has 0 aromatic rings. The van der Waals surface area contributed by atoms with Crippen molar-refractivity contribution in [2.75, 3.05) is 6.61 Å². The third kappa shape index (κ3) is 1.76. The van der Waals surface area contributed by atoms with Crippen molar-refractivity contribution in [3.63, 3.8) is 0 Å². The van der Waals surface area contributed by atoms with E-state index in [1.165, 1.54) is 32.1 Å².